The van der Waals surface area contributed by atoms with Crippen LogP contribution >= 0.6 is 15.9 Å². The molecule has 6 rings (SSSR count). The number of imidazole rings is 1. The number of nitrogens with zero attached hydrogens (tertiary/aromatic N) is 2. The number of para-hydroxylation sites is 2. The number of halogens is 1. The van der Waals surface area contributed by atoms with Crippen LogP contribution in [0.2, 0.25) is 0 Å². The maximum absolute atomic E-state index is 12.4. The standard InChI is InChI=1S/C26H17BrN2O/c27-21-14-8-15-22-24(21)29-23-16-7-6-13-20(23)26(30,25(29)28-22)19-12-5-4-11-18(19)17-9-2-1-3-10-17/h1-16,30H. The highest BCUT2D eigenvalue weighted by molar-refractivity contribution is 9.10. The van der Waals surface area contributed by atoms with E-state index in [4.69, 9.17) is 4.98 Å². The highest BCUT2D eigenvalue weighted by atomic mass is 79.9. The fourth-order valence-corrected chi connectivity index (χ4v) is 5.12. The Labute approximate surface area is 182 Å². The Balaban J connectivity index is 1.74. The summed E-state index contributed by atoms with van der Waals surface area (Å²) in [6.07, 6.45) is 0. The van der Waals surface area contributed by atoms with Gasteiger partial charge in [-0.3, -0.25) is 4.57 Å². The third-order valence-corrected chi connectivity index (χ3v) is 6.53. The van der Waals surface area contributed by atoms with Crippen molar-refractivity contribution in [2.24, 2.45) is 0 Å². The number of rotatable bonds is 2. The molecule has 0 spiro atoms. The molecule has 30 heavy (non-hydrogen) atoms. The van der Waals surface area contributed by atoms with Gasteiger partial charge in [-0.05, 0) is 45.3 Å². The smallest absolute Gasteiger partial charge is 0.176 e. The lowest BCUT2D eigenvalue weighted by atomic mass is 9.82. The van der Waals surface area contributed by atoms with Crippen molar-refractivity contribution in [2.75, 3.05) is 0 Å². The van der Waals surface area contributed by atoms with Crippen molar-refractivity contribution in [3.05, 3.63) is 118 Å². The van der Waals surface area contributed by atoms with E-state index in [-0.39, 0.29) is 0 Å². The van der Waals surface area contributed by atoms with Crippen LogP contribution in [-0.4, -0.2) is 14.7 Å². The molecule has 4 aromatic carbocycles. The van der Waals surface area contributed by atoms with Gasteiger partial charge in [0, 0.05) is 15.6 Å². The number of aromatic nitrogens is 2. The van der Waals surface area contributed by atoms with E-state index in [0.717, 1.165) is 43.4 Å². The predicted octanol–water partition coefficient (Wildman–Crippen LogP) is 6.05. The van der Waals surface area contributed by atoms with Crippen LogP contribution in [0.15, 0.2) is 102 Å². The van der Waals surface area contributed by atoms with Crippen LogP contribution in [0.25, 0.3) is 27.8 Å². The number of hydrogen-bond acceptors (Lipinski definition) is 2. The molecule has 5 aromatic rings. The first-order valence-corrected chi connectivity index (χ1v) is 10.6. The minimum Gasteiger partial charge on any atom is -0.373 e. The summed E-state index contributed by atoms with van der Waals surface area (Å²) in [6.45, 7) is 0. The molecule has 0 bridgehead atoms. The normalized spacial score (nSPS) is 17.1. The zero-order valence-electron chi connectivity index (χ0n) is 16.0. The molecule has 2 heterocycles. The van der Waals surface area contributed by atoms with Gasteiger partial charge in [0.2, 0.25) is 0 Å². The maximum Gasteiger partial charge on any atom is 0.176 e. The summed E-state index contributed by atoms with van der Waals surface area (Å²) < 4.78 is 3.03. The van der Waals surface area contributed by atoms with E-state index in [1.54, 1.807) is 0 Å². The first-order chi connectivity index (χ1) is 14.7. The molecular formula is C26H17BrN2O. The molecule has 3 nitrogen and oxygen atoms in total. The molecule has 0 fully saturated rings. The SMILES string of the molecule is OC1(c2ccccc2-c2ccccc2)c2ccccc2-n2c1nc1cccc(Br)c12. The molecule has 0 saturated heterocycles. The van der Waals surface area contributed by atoms with Gasteiger partial charge in [0.05, 0.1) is 16.7 Å². The van der Waals surface area contributed by atoms with E-state index < -0.39 is 5.60 Å². The van der Waals surface area contributed by atoms with E-state index in [2.05, 4.69) is 38.7 Å². The summed E-state index contributed by atoms with van der Waals surface area (Å²) >= 11 is 3.68. The first-order valence-electron chi connectivity index (χ1n) is 9.84. The Kier molecular flexibility index (Phi) is 3.76. The van der Waals surface area contributed by atoms with Crippen molar-refractivity contribution in [2.45, 2.75) is 5.60 Å². The molecule has 0 saturated carbocycles. The number of benzene rings is 4. The minimum absolute atomic E-state index is 0.619. The van der Waals surface area contributed by atoms with Crippen LogP contribution in [0.3, 0.4) is 0 Å². The maximum atomic E-state index is 12.4. The largest absolute Gasteiger partial charge is 0.373 e. The molecule has 0 radical (unpaired) electrons. The van der Waals surface area contributed by atoms with Crippen LogP contribution < -0.4 is 0 Å². The Hall–Kier alpha value is -3.21. The molecular weight excluding hydrogens is 436 g/mol. The van der Waals surface area contributed by atoms with Crippen molar-refractivity contribution in [1.29, 1.82) is 0 Å². The van der Waals surface area contributed by atoms with Crippen LogP contribution in [0.4, 0.5) is 0 Å². The molecule has 1 aliphatic heterocycles. The van der Waals surface area contributed by atoms with Gasteiger partial charge in [-0.15, -0.1) is 0 Å². The highest BCUT2D eigenvalue weighted by Gasteiger charge is 2.47. The van der Waals surface area contributed by atoms with Crippen LogP contribution in [-0.2, 0) is 5.60 Å². The second-order valence-electron chi connectivity index (χ2n) is 7.52. The average molecular weight is 453 g/mol. The third-order valence-electron chi connectivity index (χ3n) is 5.89. The van der Waals surface area contributed by atoms with Gasteiger partial charge in [-0.2, -0.15) is 0 Å². The second kappa shape index (κ2) is 6.39. The van der Waals surface area contributed by atoms with Gasteiger partial charge in [0.15, 0.2) is 11.4 Å². The Bertz CT molecular complexity index is 1420. The molecule has 1 aromatic heterocycles. The van der Waals surface area contributed by atoms with E-state index in [9.17, 15) is 5.11 Å². The third kappa shape index (κ3) is 2.26. The van der Waals surface area contributed by atoms with Crippen molar-refractivity contribution in [1.82, 2.24) is 9.55 Å². The van der Waals surface area contributed by atoms with Crippen molar-refractivity contribution >= 4 is 27.0 Å². The zero-order valence-corrected chi connectivity index (χ0v) is 17.5. The monoisotopic (exact) mass is 452 g/mol. The average Bonchev–Trinajstić information content (AvgIpc) is 3.30. The molecule has 0 amide bonds. The van der Waals surface area contributed by atoms with Crippen molar-refractivity contribution < 1.29 is 5.11 Å². The number of aliphatic hydroxyl groups is 1. The molecule has 1 aliphatic rings. The fourth-order valence-electron chi connectivity index (χ4n) is 4.59. The lowest BCUT2D eigenvalue weighted by Crippen LogP contribution is -2.28. The minimum atomic E-state index is -1.36. The van der Waals surface area contributed by atoms with Gasteiger partial charge in [-0.1, -0.05) is 78.9 Å². The van der Waals surface area contributed by atoms with Gasteiger partial charge in [0.25, 0.3) is 0 Å². The molecule has 1 unspecified atom stereocenters. The van der Waals surface area contributed by atoms with Crippen LogP contribution in [0, 0.1) is 0 Å². The quantitative estimate of drug-likeness (QED) is 0.353. The second-order valence-corrected chi connectivity index (χ2v) is 8.37. The van der Waals surface area contributed by atoms with Crippen molar-refractivity contribution in [3.63, 3.8) is 0 Å². The highest BCUT2D eigenvalue weighted by Crippen LogP contribution is 2.49. The van der Waals surface area contributed by atoms with E-state index in [1.807, 2.05) is 78.9 Å². The molecule has 0 aliphatic carbocycles. The zero-order chi connectivity index (χ0) is 20.3. The topological polar surface area (TPSA) is 38.0 Å². The lowest BCUT2D eigenvalue weighted by molar-refractivity contribution is 0.123. The fraction of sp³-hybridized carbons (Fsp3) is 0.0385. The summed E-state index contributed by atoms with van der Waals surface area (Å²) in [5.74, 6) is 0.619. The van der Waals surface area contributed by atoms with Gasteiger partial charge < -0.3 is 5.11 Å². The van der Waals surface area contributed by atoms with E-state index >= 15 is 0 Å². The summed E-state index contributed by atoms with van der Waals surface area (Å²) in [4.78, 5) is 4.92. The lowest BCUT2D eigenvalue weighted by Gasteiger charge is -2.26. The van der Waals surface area contributed by atoms with Gasteiger partial charge in [0.1, 0.15) is 0 Å². The Morgan fingerprint density at radius 2 is 1.43 bits per heavy atom. The summed E-state index contributed by atoms with van der Waals surface area (Å²) in [6, 6.07) is 32.2. The molecule has 144 valence electrons. The predicted molar refractivity (Wildman–Crippen MR) is 123 cm³/mol. The molecule has 1 N–H and O–H groups in total. The van der Waals surface area contributed by atoms with Gasteiger partial charge in [-0.25, -0.2) is 4.98 Å². The summed E-state index contributed by atoms with van der Waals surface area (Å²) in [5.41, 5.74) is 5.14. The summed E-state index contributed by atoms with van der Waals surface area (Å²) in [7, 11) is 0. The number of fused-ring (bicyclic) bond motifs is 5. The first kappa shape index (κ1) is 17.6. The Morgan fingerprint density at radius 3 is 2.27 bits per heavy atom. The van der Waals surface area contributed by atoms with Gasteiger partial charge >= 0.3 is 0 Å². The summed E-state index contributed by atoms with van der Waals surface area (Å²) in [5, 5.41) is 12.4. The number of hydrogen-bond donors (Lipinski definition) is 1. The Morgan fingerprint density at radius 1 is 0.733 bits per heavy atom. The van der Waals surface area contributed by atoms with Crippen LogP contribution in [0.1, 0.15) is 17.0 Å². The van der Waals surface area contributed by atoms with E-state index in [0.29, 0.717) is 5.82 Å². The van der Waals surface area contributed by atoms with Crippen LogP contribution in [0.5, 0.6) is 0 Å². The molecule has 1 atom stereocenters. The molecule has 4 heteroatoms. The van der Waals surface area contributed by atoms with E-state index in [1.165, 1.54) is 0 Å². The van der Waals surface area contributed by atoms with Crippen molar-refractivity contribution in [3.8, 4) is 16.8 Å².